The highest BCUT2D eigenvalue weighted by molar-refractivity contribution is 5.87. The number of unbranched alkanes of at least 4 members (excludes halogenated alkanes) is 15. The van der Waals surface area contributed by atoms with Crippen LogP contribution >= 0.6 is 0 Å². The number of hydrogen-bond acceptors (Lipinski definition) is 4. The molecule has 2 amide bonds. The van der Waals surface area contributed by atoms with E-state index in [0.717, 1.165) is 18.4 Å². The summed E-state index contributed by atoms with van der Waals surface area (Å²) < 4.78 is 5.28. The van der Waals surface area contributed by atoms with Crippen LogP contribution in [0.4, 0.5) is 0 Å². The number of esters is 1. The third-order valence-electron chi connectivity index (χ3n) is 6.90. The summed E-state index contributed by atoms with van der Waals surface area (Å²) in [7, 11) is 0. The van der Waals surface area contributed by atoms with Crippen LogP contribution in [-0.4, -0.2) is 30.4 Å². The number of carbonyl (C=O) groups is 3. The summed E-state index contributed by atoms with van der Waals surface area (Å²) in [6.07, 6.45) is 21.3. The molecule has 0 aliphatic heterocycles. The Morgan fingerprint density at radius 3 is 1.74 bits per heavy atom. The van der Waals surface area contributed by atoms with Crippen LogP contribution in [0.5, 0.6) is 0 Å². The fourth-order valence-corrected chi connectivity index (χ4v) is 4.59. The summed E-state index contributed by atoms with van der Waals surface area (Å²) >= 11 is 0. The highest BCUT2D eigenvalue weighted by Gasteiger charge is 2.20. The molecule has 0 bridgehead atoms. The average molecular weight is 531 g/mol. The minimum absolute atomic E-state index is 0.0737. The quantitative estimate of drug-likeness (QED) is 0.108. The van der Waals surface area contributed by atoms with Gasteiger partial charge in [0.15, 0.2) is 0 Å². The standard InChI is InChI=1S/C32H54N2O4/c1-3-4-5-6-7-8-9-10-11-12-13-14-15-16-17-21-26-33-32(37)30(34-28(2)35)24-25-31(36)38-27-29-22-19-18-20-23-29/h18-20,22-23,30H,3-17,21,24-27H2,1-2H3,(H,33,37)(H,34,35)/t30-/m1/s1. The molecule has 0 heterocycles. The predicted octanol–water partition coefficient (Wildman–Crippen LogP) is 7.39. The maximum atomic E-state index is 12.6. The van der Waals surface area contributed by atoms with Crippen molar-refractivity contribution in [3.8, 4) is 0 Å². The predicted molar refractivity (Wildman–Crippen MR) is 156 cm³/mol. The normalized spacial score (nSPS) is 11.6. The molecule has 6 nitrogen and oxygen atoms in total. The lowest BCUT2D eigenvalue weighted by atomic mass is 10.0. The second-order valence-electron chi connectivity index (χ2n) is 10.5. The van der Waals surface area contributed by atoms with E-state index in [9.17, 15) is 14.4 Å². The summed E-state index contributed by atoms with van der Waals surface area (Å²) in [6.45, 7) is 4.44. The molecule has 2 N–H and O–H groups in total. The Labute approximate surface area is 232 Å². The highest BCUT2D eigenvalue weighted by atomic mass is 16.5. The van der Waals surface area contributed by atoms with Crippen LogP contribution in [0.1, 0.15) is 135 Å². The molecule has 0 spiro atoms. The third kappa shape index (κ3) is 19.7. The minimum Gasteiger partial charge on any atom is -0.461 e. The van der Waals surface area contributed by atoms with E-state index in [1.54, 1.807) is 0 Å². The first kappa shape index (κ1) is 33.7. The molecule has 0 aromatic heterocycles. The topological polar surface area (TPSA) is 84.5 Å². The molecular formula is C32H54N2O4. The molecule has 1 rings (SSSR count). The third-order valence-corrected chi connectivity index (χ3v) is 6.90. The summed E-state index contributed by atoms with van der Waals surface area (Å²) in [5.74, 6) is -0.906. The lowest BCUT2D eigenvalue weighted by Gasteiger charge is -2.17. The van der Waals surface area contributed by atoms with Gasteiger partial charge in [0.25, 0.3) is 0 Å². The number of ether oxygens (including phenoxy) is 1. The van der Waals surface area contributed by atoms with Crippen molar-refractivity contribution in [2.45, 2.75) is 142 Å². The molecule has 38 heavy (non-hydrogen) atoms. The van der Waals surface area contributed by atoms with E-state index in [4.69, 9.17) is 4.74 Å². The van der Waals surface area contributed by atoms with Crippen LogP contribution in [0, 0.1) is 0 Å². The van der Waals surface area contributed by atoms with Crippen molar-refractivity contribution in [3.63, 3.8) is 0 Å². The monoisotopic (exact) mass is 530 g/mol. The first-order chi connectivity index (χ1) is 18.5. The van der Waals surface area contributed by atoms with Gasteiger partial charge in [-0.2, -0.15) is 0 Å². The van der Waals surface area contributed by atoms with E-state index in [1.807, 2.05) is 30.3 Å². The number of nitrogens with one attached hydrogen (secondary N) is 2. The molecule has 0 aliphatic carbocycles. The van der Waals surface area contributed by atoms with Gasteiger partial charge in [0, 0.05) is 19.9 Å². The molecule has 1 aromatic rings. The van der Waals surface area contributed by atoms with Crippen molar-refractivity contribution in [2.75, 3.05) is 6.54 Å². The molecule has 216 valence electrons. The zero-order valence-electron chi connectivity index (χ0n) is 24.2. The lowest BCUT2D eigenvalue weighted by Crippen LogP contribution is -2.46. The minimum atomic E-state index is -0.724. The second kappa shape index (κ2) is 23.7. The Morgan fingerprint density at radius 1 is 0.737 bits per heavy atom. The molecule has 0 fully saturated rings. The van der Waals surface area contributed by atoms with Crippen molar-refractivity contribution >= 4 is 17.8 Å². The number of benzene rings is 1. The second-order valence-corrected chi connectivity index (χ2v) is 10.5. The molecule has 0 unspecified atom stereocenters. The largest absolute Gasteiger partial charge is 0.461 e. The maximum absolute atomic E-state index is 12.6. The Kier molecular flexibility index (Phi) is 21.0. The molecule has 0 radical (unpaired) electrons. The maximum Gasteiger partial charge on any atom is 0.306 e. The molecule has 6 heteroatoms. The van der Waals surface area contributed by atoms with E-state index in [1.165, 1.54) is 96.8 Å². The van der Waals surface area contributed by atoms with Crippen molar-refractivity contribution < 1.29 is 19.1 Å². The Bertz CT molecular complexity index is 738. The van der Waals surface area contributed by atoms with Crippen LogP contribution in [0.25, 0.3) is 0 Å². The zero-order valence-corrected chi connectivity index (χ0v) is 24.2. The Morgan fingerprint density at radius 2 is 1.24 bits per heavy atom. The van der Waals surface area contributed by atoms with Gasteiger partial charge in [0.2, 0.25) is 11.8 Å². The fraction of sp³-hybridized carbons (Fsp3) is 0.719. The smallest absolute Gasteiger partial charge is 0.306 e. The van der Waals surface area contributed by atoms with Crippen LogP contribution in [-0.2, 0) is 25.7 Å². The zero-order chi connectivity index (χ0) is 27.7. The number of rotatable bonds is 24. The summed E-state index contributed by atoms with van der Waals surface area (Å²) in [4.78, 5) is 36.2. The Balaban J connectivity index is 2.02. The van der Waals surface area contributed by atoms with Crippen molar-refractivity contribution in [1.82, 2.24) is 10.6 Å². The summed E-state index contributed by atoms with van der Waals surface area (Å²) in [5.41, 5.74) is 0.913. The summed E-state index contributed by atoms with van der Waals surface area (Å²) in [6, 6.07) is 8.73. The number of amides is 2. The van der Waals surface area contributed by atoms with Gasteiger partial charge in [0.1, 0.15) is 12.6 Å². The Hall–Kier alpha value is -2.37. The van der Waals surface area contributed by atoms with Crippen molar-refractivity contribution in [1.29, 1.82) is 0 Å². The first-order valence-electron chi connectivity index (χ1n) is 15.3. The fourth-order valence-electron chi connectivity index (χ4n) is 4.59. The molecule has 1 atom stereocenters. The molecule has 1 aromatic carbocycles. The van der Waals surface area contributed by atoms with Gasteiger partial charge >= 0.3 is 5.97 Å². The van der Waals surface area contributed by atoms with E-state index in [-0.39, 0.29) is 37.2 Å². The van der Waals surface area contributed by atoms with Gasteiger partial charge < -0.3 is 15.4 Å². The van der Waals surface area contributed by atoms with Crippen molar-refractivity contribution in [2.24, 2.45) is 0 Å². The molecule has 0 saturated heterocycles. The van der Waals surface area contributed by atoms with Gasteiger partial charge in [-0.3, -0.25) is 14.4 Å². The molecular weight excluding hydrogens is 476 g/mol. The van der Waals surface area contributed by atoms with Crippen LogP contribution in [0.15, 0.2) is 30.3 Å². The van der Waals surface area contributed by atoms with Gasteiger partial charge in [0.05, 0.1) is 0 Å². The highest BCUT2D eigenvalue weighted by Crippen LogP contribution is 2.13. The van der Waals surface area contributed by atoms with E-state index in [0.29, 0.717) is 6.54 Å². The van der Waals surface area contributed by atoms with Crippen molar-refractivity contribution in [3.05, 3.63) is 35.9 Å². The molecule has 0 aliphatic rings. The van der Waals surface area contributed by atoms with Crippen LogP contribution in [0.3, 0.4) is 0 Å². The van der Waals surface area contributed by atoms with E-state index in [2.05, 4.69) is 17.6 Å². The van der Waals surface area contributed by atoms with Gasteiger partial charge in [-0.1, -0.05) is 134 Å². The average Bonchev–Trinajstić information content (AvgIpc) is 2.91. The first-order valence-corrected chi connectivity index (χ1v) is 15.3. The van der Waals surface area contributed by atoms with E-state index < -0.39 is 6.04 Å². The van der Waals surface area contributed by atoms with Crippen LogP contribution in [0.2, 0.25) is 0 Å². The van der Waals surface area contributed by atoms with Gasteiger partial charge in [-0.25, -0.2) is 0 Å². The van der Waals surface area contributed by atoms with E-state index >= 15 is 0 Å². The van der Waals surface area contributed by atoms with Gasteiger partial charge in [-0.05, 0) is 18.4 Å². The van der Waals surface area contributed by atoms with Crippen LogP contribution < -0.4 is 10.6 Å². The molecule has 0 saturated carbocycles. The number of carbonyl (C=O) groups excluding carboxylic acids is 3. The SMILES string of the molecule is CCCCCCCCCCCCCCCCCCNC(=O)[C@@H](CCC(=O)OCc1ccccc1)NC(C)=O. The summed E-state index contributed by atoms with van der Waals surface area (Å²) in [5, 5.41) is 5.57. The number of hydrogen-bond donors (Lipinski definition) is 2. The lowest BCUT2D eigenvalue weighted by molar-refractivity contribution is -0.145. The van der Waals surface area contributed by atoms with Gasteiger partial charge in [-0.15, -0.1) is 0 Å².